The third-order valence-corrected chi connectivity index (χ3v) is 10.6. The Labute approximate surface area is 552 Å². The van der Waals surface area contributed by atoms with E-state index in [-0.39, 0.29) is 45.0 Å². The van der Waals surface area contributed by atoms with Crippen LogP contribution in [0, 0.1) is 13.8 Å². The summed E-state index contributed by atoms with van der Waals surface area (Å²) in [5.74, 6) is 0. The maximum absolute atomic E-state index is 8.33. The van der Waals surface area contributed by atoms with Crippen molar-refractivity contribution in [2.75, 3.05) is 158 Å². The number of benzene rings is 1. The van der Waals surface area contributed by atoms with Crippen LogP contribution in [0.5, 0.6) is 0 Å². The molecule has 25 nitrogen and oxygen atoms in total. The third kappa shape index (κ3) is 123. The van der Waals surface area contributed by atoms with E-state index in [9.17, 15) is 0 Å². The van der Waals surface area contributed by atoms with Gasteiger partial charge in [-0.1, -0.05) is 31.0 Å². The molecule has 0 unspecified atom stereocenters. The van der Waals surface area contributed by atoms with E-state index in [2.05, 4.69) is 32.0 Å². The largest absolute Gasteiger partial charge is 0.396 e. The summed E-state index contributed by atoms with van der Waals surface area (Å²) in [6, 6.07) is 6.31. The summed E-state index contributed by atoms with van der Waals surface area (Å²) in [6.07, 6.45) is 16.5. The highest BCUT2D eigenvalue weighted by atomic mass is 16.7. The highest BCUT2D eigenvalue weighted by molar-refractivity contribution is 5.29. The Morgan fingerprint density at radius 3 is 0.900 bits per heavy atom. The SMILES string of the molecule is CC(C)OCCCN.CCOC(CCCCN)OCC.CCOC(CCCN)OCC.CCOC(CCN)OCC.CCOC(CN)OCC.Cc1ccc(CN)cc1C.NCCCCCCO.NCCCCCO.NCCCCO.NCCCO.NCCO. The fraction of sp³-hybridized carbons (Fsp3) is 0.908. The summed E-state index contributed by atoms with van der Waals surface area (Å²) in [6.45, 7) is 38.5. The first kappa shape index (κ1) is 110. The van der Waals surface area contributed by atoms with Gasteiger partial charge in [-0.2, -0.15) is 0 Å². The minimum Gasteiger partial charge on any atom is -0.396 e. The van der Waals surface area contributed by atoms with Crippen LogP contribution in [0.4, 0.5) is 0 Å². The Morgan fingerprint density at radius 2 is 0.622 bits per heavy atom. The van der Waals surface area contributed by atoms with Crippen molar-refractivity contribution in [2.24, 2.45) is 63.1 Å². The van der Waals surface area contributed by atoms with Crippen molar-refractivity contribution in [3.05, 3.63) is 34.9 Å². The predicted octanol–water partition coefficient (Wildman–Crippen LogP) is 4.83. The van der Waals surface area contributed by atoms with Crippen LogP contribution >= 0.6 is 0 Å². The average molecular weight is 1320 g/mol. The number of aliphatic hydroxyl groups excluding tert-OH is 5. The molecule has 0 spiro atoms. The second kappa shape index (κ2) is 112. The highest BCUT2D eigenvalue weighted by Gasteiger charge is 2.08. The van der Waals surface area contributed by atoms with Gasteiger partial charge in [0, 0.05) is 112 Å². The topological polar surface area (TPSA) is 470 Å². The predicted molar refractivity (Wildman–Crippen MR) is 378 cm³/mol. The maximum atomic E-state index is 8.33. The summed E-state index contributed by atoms with van der Waals surface area (Å²) in [4.78, 5) is 0. The number of unbranched alkanes of at least 4 members (excludes halogenated alkanes) is 7. The van der Waals surface area contributed by atoms with E-state index in [1.54, 1.807) is 0 Å². The van der Waals surface area contributed by atoms with E-state index in [0.29, 0.717) is 118 Å². The van der Waals surface area contributed by atoms with Gasteiger partial charge < -0.3 is 131 Å². The molecule has 0 amide bonds. The first-order valence-electron chi connectivity index (χ1n) is 33.8. The summed E-state index contributed by atoms with van der Waals surface area (Å²) < 4.78 is 47.2. The molecule has 0 fully saturated rings. The molecular formula is C65H155N11O14. The summed E-state index contributed by atoms with van der Waals surface area (Å²) in [5, 5.41) is 40.5. The Hall–Kier alpha value is -1.78. The van der Waals surface area contributed by atoms with Gasteiger partial charge in [0.2, 0.25) is 0 Å². The summed E-state index contributed by atoms with van der Waals surface area (Å²) in [5.41, 5.74) is 61.2. The van der Waals surface area contributed by atoms with Crippen LogP contribution in [-0.4, -0.2) is 215 Å². The molecule has 27 N–H and O–H groups in total. The lowest BCUT2D eigenvalue weighted by Gasteiger charge is -2.16. The summed E-state index contributed by atoms with van der Waals surface area (Å²) in [7, 11) is 0. The van der Waals surface area contributed by atoms with Gasteiger partial charge in [-0.25, -0.2) is 0 Å². The molecule has 1 aromatic rings. The van der Waals surface area contributed by atoms with Crippen LogP contribution in [0.25, 0.3) is 0 Å². The number of ether oxygens (including phenoxy) is 9. The first-order chi connectivity index (χ1) is 43.5. The lowest BCUT2D eigenvalue weighted by molar-refractivity contribution is -0.140. The monoisotopic (exact) mass is 1310 g/mol. The lowest BCUT2D eigenvalue weighted by atomic mass is 10.1. The van der Waals surface area contributed by atoms with Crippen LogP contribution in [0.3, 0.4) is 0 Å². The zero-order valence-electron chi connectivity index (χ0n) is 60.1. The molecule has 25 heteroatoms. The van der Waals surface area contributed by atoms with Crippen molar-refractivity contribution in [3.8, 4) is 0 Å². The van der Waals surface area contributed by atoms with Crippen molar-refractivity contribution in [1.82, 2.24) is 0 Å². The van der Waals surface area contributed by atoms with E-state index in [4.69, 9.17) is 131 Å². The number of rotatable bonds is 46. The molecular weight excluding hydrogens is 1160 g/mol. The fourth-order valence-electron chi connectivity index (χ4n) is 5.91. The van der Waals surface area contributed by atoms with Gasteiger partial charge in [0.15, 0.2) is 25.2 Å². The number of nitrogens with two attached hydrogens (primary N) is 11. The van der Waals surface area contributed by atoms with E-state index in [1.807, 2.05) is 69.2 Å². The Bertz CT molecular complexity index is 1210. The zero-order valence-corrected chi connectivity index (χ0v) is 60.1. The minimum absolute atomic E-state index is 0.0217. The van der Waals surface area contributed by atoms with Crippen LogP contribution in [0.1, 0.15) is 195 Å². The van der Waals surface area contributed by atoms with E-state index in [1.165, 1.54) is 16.7 Å². The standard InChI is InChI=1S/C9H21NO2.C9H13N.C8H19NO2.C7H17NO2.C6H15NO2.2C6H15NO.C5H13NO.C4H11NO.C3H9NO.C2H7NO/c1-3-11-9(12-4-2)7-5-6-8-10;1-7-3-4-9(6-10)5-8(7)2;1-3-10-8(11-4-2)6-5-7-9;1-3-9-7(5-6-8)10-4-2;1-3-8-6(5-7)9-4-2;1-6(2)8-5-3-4-7;7-5-3-1-2-4-6-8;6-4-2-1-3-5-7;5-3-1-2-4-6;4-2-1-3-5;3-1-2-4/h9H,3-8,10H2,1-2H3;3-5H,6,10H2,1-2H3;8H,3-7,9H2,1-2H3;7H,3-6,8H2,1-2H3;6H,3-5,7H2,1-2H3;6H,3-5,7H2,1-2H3;8H,1-7H2;7H,1-6H2;6H,1-5H2;5H,1-4H2;4H,1-3H2. The molecule has 554 valence electrons. The van der Waals surface area contributed by atoms with Gasteiger partial charge in [0.1, 0.15) is 0 Å². The van der Waals surface area contributed by atoms with Crippen LogP contribution < -0.4 is 63.1 Å². The van der Waals surface area contributed by atoms with Crippen molar-refractivity contribution in [2.45, 2.75) is 230 Å². The molecule has 0 saturated heterocycles. The van der Waals surface area contributed by atoms with E-state index < -0.39 is 0 Å². The molecule has 0 aliphatic rings. The van der Waals surface area contributed by atoms with Gasteiger partial charge in [-0.3, -0.25) is 0 Å². The van der Waals surface area contributed by atoms with Crippen molar-refractivity contribution < 1.29 is 68.2 Å². The normalized spacial score (nSPS) is 10.1. The van der Waals surface area contributed by atoms with Crippen molar-refractivity contribution in [3.63, 3.8) is 0 Å². The molecule has 90 heavy (non-hydrogen) atoms. The van der Waals surface area contributed by atoms with E-state index >= 15 is 0 Å². The molecule has 0 aliphatic carbocycles. The molecule has 1 rings (SSSR count). The quantitative estimate of drug-likeness (QED) is 0.0307. The lowest BCUT2D eigenvalue weighted by Crippen LogP contribution is -2.26. The molecule has 0 aliphatic heterocycles. The Balaban J connectivity index is -0.0000000988. The van der Waals surface area contributed by atoms with Crippen molar-refractivity contribution >= 4 is 0 Å². The molecule has 0 bridgehead atoms. The maximum Gasteiger partial charge on any atom is 0.169 e. The van der Waals surface area contributed by atoms with Gasteiger partial charge in [-0.05, 0) is 242 Å². The zero-order chi connectivity index (χ0) is 70.8. The average Bonchev–Trinajstić information content (AvgIpc) is 2.22. The van der Waals surface area contributed by atoms with Gasteiger partial charge in [0.05, 0.1) is 12.7 Å². The molecule has 0 heterocycles. The molecule has 0 aromatic heterocycles. The number of aryl methyl sites for hydroxylation is 2. The van der Waals surface area contributed by atoms with Gasteiger partial charge in [0.25, 0.3) is 0 Å². The smallest absolute Gasteiger partial charge is 0.169 e. The van der Waals surface area contributed by atoms with E-state index in [0.717, 1.165) is 142 Å². The van der Waals surface area contributed by atoms with Gasteiger partial charge in [-0.15, -0.1) is 0 Å². The first-order valence-corrected chi connectivity index (χ1v) is 33.8. The Kier molecular flexibility index (Phi) is 136. The molecule has 0 saturated carbocycles. The van der Waals surface area contributed by atoms with Crippen molar-refractivity contribution in [1.29, 1.82) is 0 Å². The second-order valence-corrected chi connectivity index (χ2v) is 19.2. The molecule has 1 aromatic carbocycles. The highest BCUT2D eigenvalue weighted by Crippen LogP contribution is 2.09. The minimum atomic E-state index is -0.208. The Morgan fingerprint density at radius 1 is 0.311 bits per heavy atom. The molecule has 0 atom stereocenters. The third-order valence-electron chi connectivity index (χ3n) is 10.6. The second-order valence-electron chi connectivity index (χ2n) is 19.2. The fourth-order valence-corrected chi connectivity index (χ4v) is 5.91. The number of aliphatic hydroxyl groups is 5. The number of hydrogen-bond acceptors (Lipinski definition) is 25. The molecule has 0 radical (unpaired) electrons. The van der Waals surface area contributed by atoms with Gasteiger partial charge >= 0.3 is 0 Å². The van der Waals surface area contributed by atoms with Crippen LogP contribution in [0.2, 0.25) is 0 Å². The van der Waals surface area contributed by atoms with Crippen LogP contribution in [-0.2, 0) is 49.2 Å². The van der Waals surface area contributed by atoms with Crippen LogP contribution in [0.15, 0.2) is 18.2 Å². The summed E-state index contributed by atoms with van der Waals surface area (Å²) >= 11 is 0. The number of hydrogen-bond donors (Lipinski definition) is 16.